The molecule has 0 unspecified atom stereocenters. The van der Waals surface area contributed by atoms with Gasteiger partial charge < -0.3 is 9.30 Å². The van der Waals surface area contributed by atoms with E-state index in [4.69, 9.17) is 4.74 Å². The summed E-state index contributed by atoms with van der Waals surface area (Å²) < 4.78 is 6.90. The van der Waals surface area contributed by atoms with Crippen LogP contribution in [0.5, 0.6) is 0 Å². The Morgan fingerprint density at radius 2 is 2.13 bits per heavy atom. The number of aryl methyl sites for hydroxylation is 1. The van der Waals surface area contributed by atoms with Crippen LogP contribution in [0.1, 0.15) is 18.1 Å². The van der Waals surface area contributed by atoms with Gasteiger partial charge in [0, 0.05) is 25.2 Å². The lowest BCUT2D eigenvalue weighted by molar-refractivity contribution is 0.274. The largest absolute Gasteiger partial charge is 0.501 e. The summed E-state index contributed by atoms with van der Waals surface area (Å²) in [6.45, 7) is 2.05. The first-order valence-corrected chi connectivity index (χ1v) is 5.03. The predicted octanol–water partition coefficient (Wildman–Crippen LogP) is 1.40. The molecule has 0 saturated carbocycles. The van der Waals surface area contributed by atoms with Crippen LogP contribution in [0.15, 0.2) is 28.4 Å². The molecule has 0 fully saturated rings. The first kappa shape index (κ1) is 10.0. The van der Waals surface area contributed by atoms with Crippen LogP contribution in [0.4, 0.5) is 0 Å². The highest BCUT2D eigenvalue weighted by molar-refractivity contribution is 5.36. The van der Waals surface area contributed by atoms with E-state index in [0.29, 0.717) is 6.42 Å². The third-order valence-electron chi connectivity index (χ3n) is 2.98. The normalized spacial score (nSPS) is 15.1. The highest BCUT2D eigenvalue weighted by atomic mass is 16.5. The minimum Gasteiger partial charge on any atom is -0.501 e. The van der Waals surface area contributed by atoms with Crippen molar-refractivity contribution in [2.45, 2.75) is 19.8 Å². The minimum absolute atomic E-state index is 0.0922. The van der Waals surface area contributed by atoms with Crippen LogP contribution in [0, 0.1) is 0 Å². The molecule has 1 heterocycles. The zero-order valence-electron chi connectivity index (χ0n) is 9.33. The topological polar surface area (TPSA) is 31.2 Å². The lowest BCUT2D eigenvalue weighted by atomic mass is 9.92. The van der Waals surface area contributed by atoms with Gasteiger partial charge in [0.25, 0.3) is 5.56 Å². The second-order valence-electron chi connectivity index (χ2n) is 4.00. The molecule has 80 valence electrons. The van der Waals surface area contributed by atoms with Gasteiger partial charge in [-0.1, -0.05) is 0 Å². The molecule has 1 aliphatic rings. The van der Waals surface area contributed by atoms with Crippen molar-refractivity contribution in [1.82, 2.24) is 4.57 Å². The molecule has 0 radical (unpaired) electrons. The van der Waals surface area contributed by atoms with Gasteiger partial charge in [0.2, 0.25) is 0 Å². The number of hydrogen-bond acceptors (Lipinski definition) is 2. The Balaban J connectivity index is 2.53. The second-order valence-corrected chi connectivity index (χ2v) is 4.00. The van der Waals surface area contributed by atoms with Crippen molar-refractivity contribution in [1.29, 1.82) is 0 Å². The van der Waals surface area contributed by atoms with E-state index in [1.807, 2.05) is 12.3 Å². The Labute approximate surface area is 89.0 Å². The molecule has 0 N–H and O–H groups in total. The molecular weight excluding hydrogens is 190 g/mol. The summed E-state index contributed by atoms with van der Waals surface area (Å²) in [6.07, 6.45) is 3.28. The maximum absolute atomic E-state index is 11.9. The average molecular weight is 205 g/mol. The first-order chi connectivity index (χ1) is 7.13. The SMILES string of the molecule is COC1=C(C)Cc2ccn(C)c(=O)c2C1. The van der Waals surface area contributed by atoms with Crippen molar-refractivity contribution >= 4 is 0 Å². The van der Waals surface area contributed by atoms with Gasteiger partial charge in [-0.25, -0.2) is 0 Å². The van der Waals surface area contributed by atoms with Crippen LogP contribution in [0.25, 0.3) is 0 Å². The van der Waals surface area contributed by atoms with Crippen LogP contribution in [0.2, 0.25) is 0 Å². The molecule has 0 amide bonds. The Bertz CT molecular complexity index is 483. The van der Waals surface area contributed by atoms with Crippen molar-refractivity contribution in [2.24, 2.45) is 7.05 Å². The fourth-order valence-electron chi connectivity index (χ4n) is 2.02. The third kappa shape index (κ3) is 1.58. The summed E-state index contributed by atoms with van der Waals surface area (Å²) in [6, 6.07) is 2.02. The van der Waals surface area contributed by atoms with E-state index in [-0.39, 0.29) is 5.56 Å². The van der Waals surface area contributed by atoms with Gasteiger partial charge >= 0.3 is 0 Å². The number of methoxy groups -OCH3 is 1. The molecule has 0 atom stereocenters. The number of allylic oxidation sites excluding steroid dienone is 2. The molecule has 0 bridgehead atoms. The van der Waals surface area contributed by atoms with Crippen molar-refractivity contribution in [3.63, 3.8) is 0 Å². The summed E-state index contributed by atoms with van der Waals surface area (Å²) in [4.78, 5) is 11.9. The molecule has 3 nitrogen and oxygen atoms in total. The summed E-state index contributed by atoms with van der Waals surface area (Å²) >= 11 is 0. The Hall–Kier alpha value is -1.51. The van der Waals surface area contributed by atoms with E-state index in [1.165, 1.54) is 5.57 Å². The number of nitrogens with zero attached hydrogens (tertiary/aromatic N) is 1. The van der Waals surface area contributed by atoms with E-state index in [9.17, 15) is 4.79 Å². The molecule has 0 saturated heterocycles. The van der Waals surface area contributed by atoms with Gasteiger partial charge in [0.15, 0.2) is 0 Å². The standard InChI is InChI=1S/C12H15NO2/c1-8-6-9-4-5-13(2)12(14)10(9)7-11(8)15-3/h4-5H,6-7H2,1-3H3. The molecular formula is C12H15NO2. The predicted molar refractivity (Wildman–Crippen MR) is 58.8 cm³/mol. The molecule has 1 aromatic rings. The van der Waals surface area contributed by atoms with Gasteiger partial charge in [-0.3, -0.25) is 4.79 Å². The summed E-state index contributed by atoms with van der Waals surface area (Å²) in [5.41, 5.74) is 3.33. The van der Waals surface area contributed by atoms with Crippen molar-refractivity contribution in [3.8, 4) is 0 Å². The number of ether oxygens (including phenoxy) is 1. The molecule has 0 spiro atoms. The van der Waals surface area contributed by atoms with Crippen molar-refractivity contribution in [2.75, 3.05) is 7.11 Å². The van der Waals surface area contributed by atoms with Crippen LogP contribution in [-0.2, 0) is 24.6 Å². The van der Waals surface area contributed by atoms with Gasteiger partial charge in [-0.05, 0) is 30.5 Å². The van der Waals surface area contributed by atoms with E-state index < -0.39 is 0 Å². The van der Waals surface area contributed by atoms with E-state index in [0.717, 1.165) is 23.3 Å². The fraction of sp³-hybridized carbons (Fsp3) is 0.417. The molecule has 2 rings (SSSR count). The van der Waals surface area contributed by atoms with Gasteiger partial charge in [-0.15, -0.1) is 0 Å². The Kier molecular flexibility index (Phi) is 2.39. The first-order valence-electron chi connectivity index (χ1n) is 5.03. The average Bonchev–Trinajstić information content (AvgIpc) is 2.23. The van der Waals surface area contributed by atoms with Gasteiger partial charge in [-0.2, -0.15) is 0 Å². The number of pyridine rings is 1. The molecule has 3 heteroatoms. The van der Waals surface area contributed by atoms with Crippen LogP contribution in [0.3, 0.4) is 0 Å². The highest BCUT2D eigenvalue weighted by Crippen LogP contribution is 2.23. The molecule has 1 aliphatic carbocycles. The fourth-order valence-corrected chi connectivity index (χ4v) is 2.02. The lowest BCUT2D eigenvalue weighted by Crippen LogP contribution is -2.25. The van der Waals surface area contributed by atoms with Gasteiger partial charge in [0.05, 0.1) is 12.9 Å². The number of hydrogen-bond donors (Lipinski definition) is 0. The zero-order chi connectivity index (χ0) is 11.0. The smallest absolute Gasteiger partial charge is 0.254 e. The van der Waals surface area contributed by atoms with Crippen LogP contribution >= 0.6 is 0 Å². The quantitative estimate of drug-likeness (QED) is 0.694. The summed E-state index contributed by atoms with van der Waals surface area (Å²) in [5, 5.41) is 0. The second kappa shape index (κ2) is 3.57. The molecule has 0 aromatic carbocycles. The maximum atomic E-state index is 11.9. The number of fused-ring (bicyclic) bond motifs is 1. The highest BCUT2D eigenvalue weighted by Gasteiger charge is 2.18. The number of rotatable bonds is 1. The monoisotopic (exact) mass is 205 g/mol. The van der Waals surface area contributed by atoms with Crippen molar-refractivity contribution in [3.05, 3.63) is 45.1 Å². The number of aromatic nitrogens is 1. The van der Waals surface area contributed by atoms with E-state index in [1.54, 1.807) is 18.7 Å². The maximum Gasteiger partial charge on any atom is 0.254 e. The Morgan fingerprint density at radius 3 is 2.80 bits per heavy atom. The summed E-state index contributed by atoms with van der Waals surface area (Å²) in [5.74, 6) is 0.936. The Morgan fingerprint density at radius 1 is 1.40 bits per heavy atom. The minimum atomic E-state index is 0.0922. The van der Waals surface area contributed by atoms with E-state index >= 15 is 0 Å². The molecule has 0 aliphatic heterocycles. The van der Waals surface area contributed by atoms with Gasteiger partial charge in [0.1, 0.15) is 0 Å². The van der Waals surface area contributed by atoms with Crippen molar-refractivity contribution < 1.29 is 4.74 Å². The third-order valence-corrected chi connectivity index (χ3v) is 2.98. The zero-order valence-corrected chi connectivity index (χ0v) is 9.33. The van der Waals surface area contributed by atoms with Crippen LogP contribution < -0.4 is 5.56 Å². The lowest BCUT2D eigenvalue weighted by Gasteiger charge is -2.19. The summed E-state index contributed by atoms with van der Waals surface area (Å²) in [7, 11) is 3.44. The molecule has 1 aromatic heterocycles. The van der Waals surface area contributed by atoms with E-state index in [2.05, 4.69) is 6.92 Å². The van der Waals surface area contributed by atoms with Crippen LogP contribution in [-0.4, -0.2) is 11.7 Å². The molecule has 15 heavy (non-hydrogen) atoms.